The highest BCUT2D eigenvalue weighted by Gasteiger charge is 2.10. The molecular formula is C16H19FN2O2. The maximum absolute atomic E-state index is 13.3. The van der Waals surface area contributed by atoms with E-state index in [1.807, 2.05) is 19.1 Å². The molecule has 0 unspecified atom stereocenters. The second-order valence-corrected chi connectivity index (χ2v) is 4.90. The average Bonchev–Trinajstić information content (AvgIpc) is 2.45. The summed E-state index contributed by atoms with van der Waals surface area (Å²) in [6, 6.07) is 7.67. The number of nitrogens with zero attached hydrogens (tertiary/aromatic N) is 1. The number of methoxy groups -OCH3 is 1. The van der Waals surface area contributed by atoms with Crippen LogP contribution in [0.1, 0.15) is 29.9 Å². The third kappa shape index (κ3) is 3.92. The highest BCUT2D eigenvalue weighted by molar-refractivity contribution is 5.36. The van der Waals surface area contributed by atoms with Crippen LogP contribution in [0.2, 0.25) is 0 Å². The summed E-state index contributed by atoms with van der Waals surface area (Å²) in [4.78, 5) is 4.38. The molecule has 0 aliphatic rings. The fourth-order valence-electron chi connectivity index (χ4n) is 2.05. The van der Waals surface area contributed by atoms with Gasteiger partial charge in [-0.1, -0.05) is 0 Å². The van der Waals surface area contributed by atoms with Gasteiger partial charge in [0.25, 0.3) is 0 Å². The van der Waals surface area contributed by atoms with Crippen molar-refractivity contribution in [3.05, 3.63) is 53.1 Å². The fraction of sp³-hybridized carbons (Fsp3) is 0.312. The third-order valence-electron chi connectivity index (χ3n) is 3.05. The van der Waals surface area contributed by atoms with E-state index in [9.17, 15) is 4.39 Å². The molecule has 0 amide bonds. The molecule has 2 aromatic rings. The first kappa shape index (κ1) is 15.3. The molecular weight excluding hydrogens is 271 g/mol. The number of aromatic nitrogens is 1. The molecule has 0 fully saturated rings. The Morgan fingerprint density at radius 1 is 1.29 bits per heavy atom. The van der Waals surface area contributed by atoms with Crippen LogP contribution in [0.4, 0.5) is 4.39 Å². The number of aryl methyl sites for hydroxylation is 1. The summed E-state index contributed by atoms with van der Waals surface area (Å²) in [7, 11) is 1.60. The van der Waals surface area contributed by atoms with E-state index in [1.165, 1.54) is 12.1 Å². The zero-order valence-corrected chi connectivity index (χ0v) is 12.4. The van der Waals surface area contributed by atoms with Gasteiger partial charge in [0.1, 0.15) is 23.9 Å². The molecule has 4 nitrogen and oxygen atoms in total. The van der Waals surface area contributed by atoms with E-state index in [2.05, 4.69) is 4.98 Å². The lowest BCUT2D eigenvalue weighted by molar-refractivity contribution is 0.294. The minimum absolute atomic E-state index is 0.267. The van der Waals surface area contributed by atoms with Gasteiger partial charge in [-0.05, 0) is 32.0 Å². The van der Waals surface area contributed by atoms with Gasteiger partial charge in [-0.2, -0.15) is 0 Å². The molecule has 2 rings (SSSR count). The Balaban J connectivity index is 2.18. The minimum atomic E-state index is -0.329. The second kappa shape index (κ2) is 6.54. The monoisotopic (exact) mass is 290 g/mol. The van der Waals surface area contributed by atoms with Crippen LogP contribution in [-0.4, -0.2) is 12.1 Å². The predicted octanol–water partition coefficient (Wildman–Crippen LogP) is 3.14. The van der Waals surface area contributed by atoms with Gasteiger partial charge < -0.3 is 15.2 Å². The van der Waals surface area contributed by atoms with Crippen molar-refractivity contribution in [3.63, 3.8) is 0 Å². The Morgan fingerprint density at radius 3 is 2.71 bits per heavy atom. The van der Waals surface area contributed by atoms with Crippen molar-refractivity contribution in [2.75, 3.05) is 7.11 Å². The van der Waals surface area contributed by atoms with E-state index >= 15 is 0 Å². The van der Waals surface area contributed by atoms with Crippen LogP contribution in [-0.2, 0) is 6.61 Å². The van der Waals surface area contributed by atoms with Crippen molar-refractivity contribution in [2.24, 2.45) is 5.73 Å². The summed E-state index contributed by atoms with van der Waals surface area (Å²) in [5, 5.41) is 0. The lowest BCUT2D eigenvalue weighted by Crippen LogP contribution is -2.09. The van der Waals surface area contributed by atoms with Crippen LogP contribution in [0, 0.1) is 12.7 Å². The number of ether oxygens (including phenoxy) is 2. The van der Waals surface area contributed by atoms with Crippen molar-refractivity contribution < 1.29 is 13.9 Å². The van der Waals surface area contributed by atoms with E-state index in [0.29, 0.717) is 11.3 Å². The van der Waals surface area contributed by atoms with Crippen LogP contribution in [0.25, 0.3) is 0 Å². The Bertz CT molecular complexity index is 630. The molecule has 1 aromatic carbocycles. The molecule has 1 heterocycles. The molecule has 1 aromatic heterocycles. The summed E-state index contributed by atoms with van der Waals surface area (Å²) < 4.78 is 24.2. The zero-order valence-electron chi connectivity index (χ0n) is 12.4. The van der Waals surface area contributed by atoms with Crippen LogP contribution in [0.15, 0.2) is 30.3 Å². The van der Waals surface area contributed by atoms with Gasteiger partial charge in [-0.25, -0.2) is 4.39 Å². The van der Waals surface area contributed by atoms with Gasteiger partial charge in [0.2, 0.25) is 0 Å². The number of benzene rings is 1. The first-order valence-electron chi connectivity index (χ1n) is 6.69. The molecule has 0 aliphatic carbocycles. The van der Waals surface area contributed by atoms with E-state index in [1.54, 1.807) is 20.1 Å². The standard InChI is InChI=1S/C16H19FN2O2/c1-10-6-14(20-3)8-13(19-10)9-21-16-5-4-12(17)7-15(16)11(2)18/h4-8,11H,9,18H2,1-3H3/t11-/m1/s1. The Labute approximate surface area is 123 Å². The molecule has 0 radical (unpaired) electrons. The van der Waals surface area contributed by atoms with Crippen molar-refractivity contribution in [3.8, 4) is 11.5 Å². The van der Waals surface area contributed by atoms with Crippen molar-refractivity contribution >= 4 is 0 Å². The molecule has 0 bridgehead atoms. The fourth-order valence-corrected chi connectivity index (χ4v) is 2.05. The normalized spacial score (nSPS) is 12.0. The largest absolute Gasteiger partial charge is 0.497 e. The van der Waals surface area contributed by atoms with Gasteiger partial charge in [0.15, 0.2) is 0 Å². The van der Waals surface area contributed by atoms with Crippen LogP contribution < -0.4 is 15.2 Å². The highest BCUT2D eigenvalue weighted by atomic mass is 19.1. The zero-order chi connectivity index (χ0) is 15.4. The number of nitrogens with two attached hydrogens (primary N) is 1. The van der Waals surface area contributed by atoms with E-state index < -0.39 is 0 Å². The Kier molecular flexibility index (Phi) is 4.75. The molecule has 21 heavy (non-hydrogen) atoms. The highest BCUT2D eigenvalue weighted by Crippen LogP contribution is 2.26. The number of rotatable bonds is 5. The summed E-state index contributed by atoms with van der Waals surface area (Å²) in [6.07, 6.45) is 0. The molecule has 0 saturated heterocycles. The summed E-state index contributed by atoms with van der Waals surface area (Å²) in [6.45, 7) is 3.94. The SMILES string of the molecule is COc1cc(C)nc(COc2ccc(F)cc2[C@@H](C)N)c1. The lowest BCUT2D eigenvalue weighted by atomic mass is 10.1. The van der Waals surface area contributed by atoms with Crippen molar-refractivity contribution in [2.45, 2.75) is 26.5 Å². The van der Waals surface area contributed by atoms with Crippen molar-refractivity contribution in [1.29, 1.82) is 0 Å². The first-order valence-corrected chi connectivity index (χ1v) is 6.69. The quantitative estimate of drug-likeness (QED) is 0.919. The second-order valence-electron chi connectivity index (χ2n) is 4.90. The molecule has 112 valence electrons. The van der Waals surface area contributed by atoms with Gasteiger partial charge in [0.05, 0.1) is 12.8 Å². The van der Waals surface area contributed by atoms with Gasteiger partial charge in [-0.3, -0.25) is 4.98 Å². The number of halogens is 1. The Hall–Kier alpha value is -2.14. The Morgan fingerprint density at radius 2 is 2.05 bits per heavy atom. The van der Waals surface area contributed by atoms with E-state index in [4.69, 9.17) is 15.2 Å². The molecule has 0 aliphatic heterocycles. The summed E-state index contributed by atoms with van der Waals surface area (Å²) in [5.41, 5.74) is 8.06. The van der Waals surface area contributed by atoms with Crippen LogP contribution in [0.3, 0.4) is 0 Å². The number of pyridine rings is 1. The van der Waals surface area contributed by atoms with Gasteiger partial charge >= 0.3 is 0 Å². The molecule has 1 atom stereocenters. The maximum Gasteiger partial charge on any atom is 0.130 e. The van der Waals surface area contributed by atoms with Crippen molar-refractivity contribution in [1.82, 2.24) is 4.98 Å². The maximum atomic E-state index is 13.3. The smallest absolute Gasteiger partial charge is 0.130 e. The topological polar surface area (TPSA) is 57.4 Å². The van der Waals surface area contributed by atoms with Gasteiger partial charge in [-0.15, -0.1) is 0 Å². The molecule has 0 spiro atoms. The number of hydrogen-bond donors (Lipinski definition) is 1. The third-order valence-corrected chi connectivity index (χ3v) is 3.05. The minimum Gasteiger partial charge on any atom is -0.497 e. The number of hydrogen-bond acceptors (Lipinski definition) is 4. The summed E-state index contributed by atoms with van der Waals surface area (Å²) in [5.74, 6) is 0.964. The van der Waals surface area contributed by atoms with E-state index in [-0.39, 0.29) is 18.5 Å². The van der Waals surface area contributed by atoms with Crippen LogP contribution in [0.5, 0.6) is 11.5 Å². The van der Waals surface area contributed by atoms with Gasteiger partial charge in [0, 0.05) is 29.4 Å². The molecule has 5 heteroatoms. The van der Waals surface area contributed by atoms with E-state index in [0.717, 1.165) is 17.1 Å². The average molecular weight is 290 g/mol. The molecule has 2 N–H and O–H groups in total. The first-order chi connectivity index (χ1) is 9.99. The summed E-state index contributed by atoms with van der Waals surface area (Å²) >= 11 is 0. The molecule has 0 saturated carbocycles. The predicted molar refractivity (Wildman–Crippen MR) is 78.9 cm³/mol. The lowest BCUT2D eigenvalue weighted by Gasteiger charge is -2.14. The van der Waals surface area contributed by atoms with Crippen LogP contribution >= 0.6 is 0 Å².